The minimum absolute atomic E-state index is 0.277. The van der Waals surface area contributed by atoms with Crippen LogP contribution in [0.25, 0.3) is 0 Å². The number of aliphatic hydroxyl groups is 1. The van der Waals surface area contributed by atoms with Gasteiger partial charge in [0.05, 0.1) is 18.0 Å². The molecule has 2 amide bonds. The maximum atomic E-state index is 11.6. The number of carbonyl (C=O) groups is 1. The second-order valence-electron chi connectivity index (χ2n) is 5.12. The number of hydrogen-bond donors (Lipinski definition) is 3. The number of urea groups is 1. The zero-order valence-corrected chi connectivity index (χ0v) is 11.8. The van der Waals surface area contributed by atoms with Gasteiger partial charge in [-0.25, -0.2) is 9.78 Å². The van der Waals surface area contributed by atoms with E-state index in [0.29, 0.717) is 18.7 Å². The highest BCUT2D eigenvalue weighted by Gasteiger charge is 2.13. The molecule has 0 aromatic carbocycles. The molecule has 1 aromatic rings. The molecule has 6 heteroatoms. The Morgan fingerprint density at radius 1 is 1.45 bits per heavy atom. The van der Waals surface area contributed by atoms with Crippen LogP contribution in [0.5, 0.6) is 0 Å². The second kappa shape index (κ2) is 7.09. The highest BCUT2D eigenvalue weighted by molar-refractivity contribution is 5.89. The summed E-state index contributed by atoms with van der Waals surface area (Å²) in [7, 11) is 0. The number of aliphatic hydroxyl groups excluding tert-OH is 1. The van der Waals surface area contributed by atoms with E-state index in [1.165, 1.54) is 12.8 Å². The molecule has 1 aliphatic rings. The maximum Gasteiger partial charge on any atom is 0.319 e. The van der Waals surface area contributed by atoms with E-state index >= 15 is 0 Å². The predicted octanol–water partition coefficient (Wildman–Crippen LogP) is 1.57. The van der Waals surface area contributed by atoms with E-state index in [2.05, 4.69) is 20.5 Å². The van der Waals surface area contributed by atoms with Gasteiger partial charge in [0.25, 0.3) is 0 Å². The minimum Gasteiger partial charge on any atom is -0.393 e. The van der Waals surface area contributed by atoms with Crippen molar-refractivity contribution in [1.82, 2.24) is 10.3 Å². The summed E-state index contributed by atoms with van der Waals surface area (Å²) >= 11 is 0. The summed E-state index contributed by atoms with van der Waals surface area (Å²) in [5.74, 6) is 0.961. The highest BCUT2D eigenvalue weighted by Crippen LogP contribution is 2.18. The minimum atomic E-state index is -0.406. The molecule has 0 bridgehead atoms. The first-order chi connectivity index (χ1) is 9.65. The van der Waals surface area contributed by atoms with E-state index < -0.39 is 6.10 Å². The molecule has 2 heterocycles. The molecule has 0 aliphatic carbocycles. The highest BCUT2D eigenvalue weighted by atomic mass is 16.3. The third-order valence-electron chi connectivity index (χ3n) is 3.28. The molecule has 1 aliphatic heterocycles. The third kappa shape index (κ3) is 4.38. The Labute approximate surface area is 119 Å². The second-order valence-corrected chi connectivity index (χ2v) is 5.12. The van der Waals surface area contributed by atoms with Gasteiger partial charge in [0.1, 0.15) is 5.82 Å². The zero-order chi connectivity index (χ0) is 14.4. The van der Waals surface area contributed by atoms with Crippen LogP contribution < -0.4 is 15.5 Å². The molecule has 110 valence electrons. The fourth-order valence-electron chi connectivity index (χ4n) is 2.16. The first kappa shape index (κ1) is 14.6. The van der Waals surface area contributed by atoms with Crippen molar-refractivity contribution in [3.8, 4) is 0 Å². The summed E-state index contributed by atoms with van der Waals surface area (Å²) in [6, 6.07) is 3.51. The van der Waals surface area contributed by atoms with Crippen LogP contribution in [0.4, 0.5) is 16.3 Å². The van der Waals surface area contributed by atoms with Crippen LogP contribution in [0.1, 0.15) is 26.2 Å². The van der Waals surface area contributed by atoms with Crippen LogP contribution in [-0.4, -0.2) is 41.9 Å². The molecule has 3 N–H and O–H groups in total. The molecule has 1 atom stereocenters. The first-order valence-electron chi connectivity index (χ1n) is 7.09. The molecule has 2 rings (SSSR count). The molecule has 1 unspecified atom stereocenters. The Bertz CT molecular complexity index is 427. The van der Waals surface area contributed by atoms with Crippen molar-refractivity contribution in [2.24, 2.45) is 0 Å². The molecule has 1 saturated heterocycles. The fourth-order valence-corrected chi connectivity index (χ4v) is 2.16. The smallest absolute Gasteiger partial charge is 0.319 e. The van der Waals surface area contributed by atoms with Crippen molar-refractivity contribution in [1.29, 1.82) is 0 Å². The Kier molecular flexibility index (Phi) is 5.17. The van der Waals surface area contributed by atoms with Gasteiger partial charge in [0.15, 0.2) is 0 Å². The monoisotopic (exact) mass is 278 g/mol. The summed E-state index contributed by atoms with van der Waals surface area (Å²) in [6.07, 6.45) is 4.24. The number of rotatable bonds is 5. The van der Waals surface area contributed by atoms with Crippen molar-refractivity contribution in [2.45, 2.75) is 32.3 Å². The van der Waals surface area contributed by atoms with Crippen LogP contribution in [0.15, 0.2) is 18.3 Å². The Balaban J connectivity index is 1.79. The molecular formula is C14H22N4O2. The van der Waals surface area contributed by atoms with Crippen molar-refractivity contribution in [2.75, 3.05) is 29.9 Å². The molecule has 0 saturated carbocycles. The molecule has 20 heavy (non-hydrogen) atoms. The lowest BCUT2D eigenvalue weighted by molar-refractivity contribution is 0.184. The van der Waals surface area contributed by atoms with Crippen LogP contribution in [0, 0.1) is 0 Å². The summed E-state index contributed by atoms with van der Waals surface area (Å²) in [5, 5.41) is 14.5. The maximum absolute atomic E-state index is 11.6. The molecule has 0 radical (unpaired) electrons. The molecular weight excluding hydrogens is 256 g/mol. The summed E-state index contributed by atoms with van der Waals surface area (Å²) in [6.45, 7) is 4.25. The van der Waals surface area contributed by atoms with Gasteiger partial charge in [0, 0.05) is 19.6 Å². The lowest BCUT2D eigenvalue weighted by Gasteiger charge is -2.16. The van der Waals surface area contributed by atoms with E-state index in [-0.39, 0.29) is 6.03 Å². The Morgan fingerprint density at radius 3 is 2.80 bits per heavy atom. The topological polar surface area (TPSA) is 77.5 Å². The molecule has 6 nitrogen and oxygen atoms in total. The Morgan fingerprint density at radius 2 is 2.20 bits per heavy atom. The van der Waals surface area contributed by atoms with Gasteiger partial charge in [-0.15, -0.1) is 0 Å². The van der Waals surface area contributed by atoms with Crippen molar-refractivity contribution in [3.63, 3.8) is 0 Å². The number of anilines is 2. The van der Waals surface area contributed by atoms with E-state index in [9.17, 15) is 4.79 Å². The van der Waals surface area contributed by atoms with Crippen molar-refractivity contribution >= 4 is 17.5 Å². The lowest BCUT2D eigenvalue weighted by atomic mass is 10.3. The molecule has 1 aromatic heterocycles. The number of aromatic nitrogens is 1. The van der Waals surface area contributed by atoms with Gasteiger partial charge in [-0.05, 0) is 38.3 Å². The van der Waals surface area contributed by atoms with Crippen LogP contribution >= 0.6 is 0 Å². The van der Waals surface area contributed by atoms with Gasteiger partial charge in [-0.1, -0.05) is 0 Å². The standard InChI is InChI=1S/C14H22N4O2/c1-11(19)6-7-15-14(20)17-12-4-5-13(16-10-12)18-8-2-3-9-18/h4-5,10-11,19H,2-3,6-9H2,1H3,(H2,15,17,20). The van der Waals surface area contributed by atoms with E-state index in [1.807, 2.05) is 12.1 Å². The van der Waals surface area contributed by atoms with E-state index in [4.69, 9.17) is 5.11 Å². The van der Waals surface area contributed by atoms with E-state index in [0.717, 1.165) is 18.9 Å². The van der Waals surface area contributed by atoms with Crippen LogP contribution in [-0.2, 0) is 0 Å². The number of nitrogens with one attached hydrogen (secondary N) is 2. The summed E-state index contributed by atoms with van der Waals surface area (Å²) in [5.41, 5.74) is 0.669. The van der Waals surface area contributed by atoms with Gasteiger partial charge in [-0.3, -0.25) is 0 Å². The normalized spacial score (nSPS) is 16.0. The Hall–Kier alpha value is -1.82. The summed E-state index contributed by atoms with van der Waals surface area (Å²) in [4.78, 5) is 18.2. The van der Waals surface area contributed by atoms with Gasteiger partial charge in [0.2, 0.25) is 0 Å². The molecule has 0 spiro atoms. The van der Waals surface area contributed by atoms with Crippen LogP contribution in [0.2, 0.25) is 0 Å². The largest absolute Gasteiger partial charge is 0.393 e. The first-order valence-corrected chi connectivity index (χ1v) is 7.09. The number of hydrogen-bond acceptors (Lipinski definition) is 4. The van der Waals surface area contributed by atoms with Gasteiger partial charge in [-0.2, -0.15) is 0 Å². The quantitative estimate of drug-likeness (QED) is 0.764. The fraction of sp³-hybridized carbons (Fsp3) is 0.571. The van der Waals surface area contributed by atoms with Gasteiger partial charge < -0.3 is 20.6 Å². The van der Waals surface area contributed by atoms with E-state index in [1.54, 1.807) is 13.1 Å². The number of pyridine rings is 1. The van der Waals surface area contributed by atoms with Crippen molar-refractivity contribution < 1.29 is 9.90 Å². The number of amides is 2. The predicted molar refractivity (Wildman–Crippen MR) is 79.0 cm³/mol. The lowest BCUT2D eigenvalue weighted by Crippen LogP contribution is -2.31. The SMILES string of the molecule is CC(O)CCNC(=O)Nc1ccc(N2CCCC2)nc1. The number of carbonyl (C=O) groups excluding carboxylic acids is 1. The number of nitrogens with zero attached hydrogens (tertiary/aromatic N) is 2. The third-order valence-corrected chi connectivity index (χ3v) is 3.28. The van der Waals surface area contributed by atoms with Crippen molar-refractivity contribution in [3.05, 3.63) is 18.3 Å². The average Bonchev–Trinajstić information content (AvgIpc) is 2.93. The average molecular weight is 278 g/mol. The molecule has 1 fully saturated rings. The summed E-state index contributed by atoms with van der Waals surface area (Å²) < 4.78 is 0. The van der Waals surface area contributed by atoms with Gasteiger partial charge >= 0.3 is 6.03 Å². The van der Waals surface area contributed by atoms with Crippen LogP contribution in [0.3, 0.4) is 0 Å². The zero-order valence-electron chi connectivity index (χ0n) is 11.8.